The van der Waals surface area contributed by atoms with Crippen molar-refractivity contribution in [3.05, 3.63) is 28.8 Å². The van der Waals surface area contributed by atoms with E-state index in [9.17, 15) is 20.1 Å². The Morgan fingerprint density at radius 2 is 2.12 bits per heavy atom. The fraction of sp³-hybridized carbons (Fsp3) is 0.364. The molecule has 2 atom stereocenters. The molecule has 0 fully saturated rings. The molecule has 6 heteroatoms. The minimum absolute atomic E-state index is 0.0428. The fourth-order valence-corrected chi connectivity index (χ4v) is 2.17. The first-order valence-electron chi connectivity index (χ1n) is 4.90. The fourth-order valence-electron chi connectivity index (χ4n) is 1.30. The molecule has 0 saturated carbocycles. The highest BCUT2D eigenvalue weighted by Crippen LogP contribution is 2.33. The van der Waals surface area contributed by atoms with Gasteiger partial charge in [-0.1, -0.05) is 29.4 Å². The van der Waals surface area contributed by atoms with Gasteiger partial charge in [0, 0.05) is 18.2 Å². The largest absolute Gasteiger partial charge is 0.508 e. The van der Waals surface area contributed by atoms with E-state index in [0.29, 0.717) is 0 Å². The standard InChI is InChI=1S/C11H13ClO4S/c1-6(13)17-5-9(15)11(16)10-7(12)3-2-4-8(10)14/h2-4,9,11,14-16H,5H2,1H3. The van der Waals surface area contributed by atoms with Crippen LogP contribution in [0.15, 0.2) is 18.2 Å². The van der Waals surface area contributed by atoms with Crippen molar-refractivity contribution >= 4 is 28.5 Å². The number of benzene rings is 1. The van der Waals surface area contributed by atoms with Gasteiger partial charge in [0.1, 0.15) is 11.9 Å². The lowest BCUT2D eigenvalue weighted by Gasteiger charge is -2.19. The Labute approximate surface area is 108 Å². The zero-order valence-electron chi connectivity index (χ0n) is 9.13. The number of thioether (sulfide) groups is 1. The number of aliphatic hydroxyl groups excluding tert-OH is 2. The molecule has 0 aliphatic carbocycles. The highest BCUT2D eigenvalue weighted by atomic mass is 35.5. The molecule has 0 aromatic heterocycles. The van der Waals surface area contributed by atoms with Gasteiger partial charge in [-0.3, -0.25) is 4.79 Å². The second kappa shape index (κ2) is 6.26. The van der Waals surface area contributed by atoms with E-state index in [1.54, 1.807) is 0 Å². The zero-order valence-corrected chi connectivity index (χ0v) is 10.7. The van der Waals surface area contributed by atoms with Crippen molar-refractivity contribution in [2.75, 3.05) is 5.75 Å². The first kappa shape index (κ1) is 14.3. The number of aromatic hydroxyl groups is 1. The molecule has 0 heterocycles. The average molecular weight is 277 g/mol. The molecule has 1 rings (SSSR count). The molecule has 0 saturated heterocycles. The van der Waals surface area contributed by atoms with Crippen LogP contribution in [0.3, 0.4) is 0 Å². The van der Waals surface area contributed by atoms with E-state index in [1.807, 2.05) is 0 Å². The number of carbonyl (C=O) groups excluding carboxylic acids is 1. The summed E-state index contributed by atoms with van der Waals surface area (Å²) in [7, 11) is 0. The highest BCUT2D eigenvalue weighted by molar-refractivity contribution is 8.13. The lowest BCUT2D eigenvalue weighted by Crippen LogP contribution is -2.21. The number of hydrogen-bond acceptors (Lipinski definition) is 5. The van der Waals surface area contributed by atoms with Crippen molar-refractivity contribution in [1.82, 2.24) is 0 Å². The highest BCUT2D eigenvalue weighted by Gasteiger charge is 2.24. The molecule has 4 nitrogen and oxygen atoms in total. The molecular formula is C11H13ClO4S. The molecular weight excluding hydrogens is 264 g/mol. The van der Waals surface area contributed by atoms with E-state index < -0.39 is 12.2 Å². The van der Waals surface area contributed by atoms with Crippen LogP contribution >= 0.6 is 23.4 Å². The Bertz CT molecular complexity index is 390. The molecule has 1 aromatic rings. The maximum absolute atomic E-state index is 10.7. The third-order valence-corrected chi connectivity index (χ3v) is 3.39. The van der Waals surface area contributed by atoms with Gasteiger partial charge >= 0.3 is 0 Å². The van der Waals surface area contributed by atoms with Gasteiger partial charge in [0.25, 0.3) is 0 Å². The maximum atomic E-state index is 10.7. The summed E-state index contributed by atoms with van der Waals surface area (Å²) in [5.41, 5.74) is 0.0748. The minimum atomic E-state index is -1.32. The first-order valence-corrected chi connectivity index (χ1v) is 6.26. The van der Waals surface area contributed by atoms with Crippen LogP contribution in [0.25, 0.3) is 0 Å². The molecule has 0 amide bonds. The third-order valence-electron chi connectivity index (χ3n) is 2.15. The van der Waals surface area contributed by atoms with Crippen LogP contribution in [0.2, 0.25) is 5.02 Å². The predicted molar refractivity (Wildman–Crippen MR) is 67.2 cm³/mol. The summed E-state index contributed by atoms with van der Waals surface area (Å²) in [6, 6.07) is 4.41. The summed E-state index contributed by atoms with van der Waals surface area (Å²) in [6.07, 6.45) is -2.50. The molecule has 3 N–H and O–H groups in total. The van der Waals surface area contributed by atoms with Crippen molar-refractivity contribution < 1.29 is 20.1 Å². The van der Waals surface area contributed by atoms with Gasteiger partial charge < -0.3 is 15.3 Å². The molecule has 17 heavy (non-hydrogen) atoms. The van der Waals surface area contributed by atoms with Crippen molar-refractivity contribution in [2.45, 2.75) is 19.1 Å². The Kier molecular flexibility index (Phi) is 5.27. The van der Waals surface area contributed by atoms with E-state index in [2.05, 4.69) is 0 Å². The van der Waals surface area contributed by atoms with Gasteiger partial charge in [0.2, 0.25) is 0 Å². The van der Waals surface area contributed by atoms with Gasteiger partial charge in [-0.25, -0.2) is 0 Å². The summed E-state index contributed by atoms with van der Waals surface area (Å²) < 4.78 is 0. The van der Waals surface area contributed by atoms with Crippen molar-refractivity contribution in [1.29, 1.82) is 0 Å². The summed E-state index contributed by atoms with van der Waals surface area (Å²) in [5, 5.41) is 29.1. The lowest BCUT2D eigenvalue weighted by molar-refractivity contribution is -0.109. The number of phenolic OH excluding ortho intramolecular Hbond substituents is 1. The Balaban J connectivity index is 2.81. The SMILES string of the molecule is CC(=O)SCC(O)C(O)c1c(O)cccc1Cl. The topological polar surface area (TPSA) is 77.8 Å². The molecule has 0 aliphatic rings. The average Bonchev–Trinajstić information content (AvgIpc) is 2.25. The van der Waals surface area contributed by atoms with Crippen LogP contribution in [-0.4, -0.2) is 32.3 Å². The molecule has 0 spiro atoms. The third kappa shape index (κ3) is 3.89. The minimum Gasteiger partial charge on any atom is -0.508 e. The van der Waals surface area contributed by atoms with Gasteiger partial charge in [-0.2, -0.15) is 0 Å². The summed E-state index contributed by atoms with van der Waals surface area (Å²) in [6.45, 7) is 1.37. The number of carbonyl (C=O) groups is 1. The quantitative estimate of drug-likeness (QED) is 0.780. The molecule has 94 valence electrons. The smallest absolute Gasteiger partial charge is 0.185 e. The molecule has 0 radical (unpaired) electrons. The van der Waals surface area contributed by atoms with Gasteiger partial charge in [-0.05, 0) is 12.1 Å². The number of halogens is 1. The molecule has 0 bridgehead atoms. The predicted octanol–water partition coefficient (Wildman–Crippen LogP) is 1.72. The first-order chi connectivity index (χ1) is 7.93. The van der Waals surface area contributed by atoms with E-state index in [0.717, 1.165) is 11.8 Å². The lowest BCUT2D eigenvalue weighted by atomic mass is 10.0. The second-order valence-electron chi connectivity index (χ2n) is 3.49. The van der Waals surface area contributed by atoms with Gasteiger partial charge in [0.05, 0.1) is 11.1 Å². The molecule has 2 unspecified atom stereocenters. The normalized spacial score (nSPS) is 14.4. The zero-order chi connectivity index (χ0) is 13.0. The van der Waals surface area contributed by atoms with Gasteiger partial charge in [0.15, 0.2) is 5.12 Å². The summed E-state index contributed by atoms with van der Waals surface area (Å²) >= 11 is 6.73. The number of aliphatic hydroxyl groups is 2. The van der Waals surface area contributed by atoms with E-state index in [-0.39, 0.29) is 27.2 Å². The number of phenols is 1. The Hall–Kier alpha value is -0.750. The van der Waals surface area contributed by atoms with Gasteiger partial charge in [-0.15, -0.1) is 0 Å². The summed E-state index contributed by atoms with van der Waals surface area (Å²) in [5.74, 6) is -0.141. The van der Waals surface area contributed by atoms with Crippen LogP contribution in [0.1, 0.15) is 18.6 Å². The molecule has 0 aliphatic heterocycles. The van der Waals surface area contributed by atoms with Crippen LogP contribution in [0, 0.1) is 0 Å². The molecule has 1 aromatic carbocycles. The van der Waals surface area contributed by atoms with Crippen molar-refractivity contribution in [2.24, 2.45) is 0 Å². The van der Waals surface area contributed by atoms with Crippen LogP contribution in [-0.2, 0) is 4.79 Å². The number of hydrogen-bond donors (Lipinski definition) is 3. The maximum Gasteiger partial charge on any atom is 0.185 e. The number of rotatable bonds is 4. The van der Waals surface area contributed by atoms with Crippen molar-refractivity contribution in [3.63, 3.8) is 0 Å². The Morgan fingerprint density at radius 3 is 2.65 bits per heavy atom. The second-order valence-corrected chi connectivity index (χ2v) is 5.09. The van der Waals surface area contributed by atoms with Crippen LogP contribution in [0.4, 0.5) is 0 Å². The summed E-state index contributed by atoms with van der Waals surface area (Å²) in [4.78, 5) is 10.7. The Morgan fingerprint density at radius 1 is 1.47 bits per heavy atom. The van der Waals surface area contributed by atoms with Crippen LogP contribution < -0.4 is 0 Å². The van der Waals surface area contributed by atoms with Crippen LogP contribution in [0.5, 0.6) is 5.75 Å². The van der Waals surface area contributed by atoms with E-state index >= 15 is 0 Å². The van der Waals surface area contributed by atoms with Crippen molar-refractivity contribution in [3.8, 4) is 5.75 Å². The van der Waals surface area contributed by atoms with E-state index in [1.165, 1.54) is 25.1 Å². The monoisotopic (exact) mass is 276 g/mol. The van der Waals surface area contributed by atoms with E-state index in [4.69, 9.17) is 11.6 Å².